The van der Waals surface area contributed by atoms with Gasteiger partial charge >= 0.3 is 5.97 Å². The lowest BCUT2D eigenvalue weighted by Gasteiger charge is -2.38. The summed E-state index contributed by atoms with van der Waals surface area (Å²) in [5.41, 5.74) is 2.56. The van der Waals surface area contributed by atoms with E-state index in [9.17, 15) is 18.8 Å². The molecular weight excluding hydrogens is 1050 g/mol. The average molecular weight is 1140 g/mol. The summed E-state index contributed by atoms with van der Waals surface area (Å²) in [6.45, 7) is 17.2. The maximum atomic E-state index is 14.5. The molecule has 24 heteroatoms. The number of likely N-dealkylation sites (tertiary alicyclic amines) is 1. The van der Waals surface area contributed by atoms with Crippen LogP contribution in [0.4, 0.5) is 10.1 Å². The number of carboxylic acid groups (broad SMARTS) is 1. The third-order valence-electron chi connectivity index (χ3n) is 13.9. The van der Waals surface area contributed by atoms with E-state index in [0.29, 0.717) is 195 Å². The van der Waals surface area contributed by atoms with Crippen LogP contribution in [0.25, 0.3) is 11.0 Å². The molecule has 1 N–H and O–H groups in total. The Morgan fingerprint density at radius 1 is 0.595 bits per heavy atom. The summed E-state index contributed by atoms with van der Waals surface area (Å²) in [4.78, 5) is 55.8. The number of ether oxygens (including phenoxy) is 11. The number of imidazole rings is 1. The number of hydrogen-bond acceptors (Lipinski definition) is 18. The highest BCUT2D eigenvalue weighted by Gasteiger charge is 2.52. The summed E-state index contributed by atoms with van der Waals surface area (Å²) in [5, 5.41) is 9.11. The van der Waals surface area contributed by atoms with Crippen LogP contribution < -0.4 is 4.90 Å². The zero-order valence-electron chi connectivity index (χ0n) is 46.1. The van der Waals surface area contributed by atoms with Crippen molar-refractivity contribution in [3.05, 3.63) is 53.1 Å². The van der Waals surface area contributed by atoms with E-state index in [1.165, 1.54) is 0 Å². The Hall–Kier alpha value is -4.05. The molecule has 3 aromatic rings. The number of rotatable bonds is 45. The average Bonchev–Trinajstić information content (AvgIpc) is 4.12. The Morgan fingerprint density at radius 3 is 1.54 bits per heavy atom. The molecule has 5 heterocycles. The quantitative estimate of drug-likeness (QED) is 0.0794. The molecule has 0 atom stereocenters. The molecule has 2 aromatic heterocycles. The van der Waals surface area contributed by atoms with Gasteiger partial charge in [0.15, 0.2) is 0 Å². The van der Waals surface area contributed by atoms with E-state index in [1.807, 2.05) is 29.2 Å². The van der Waals surface area contributed by atoms with Crippen LogP contribution >= 0.6 is 11.6 Å². The number of piperazine rings is 1. The highest BCUT2D eigenvalue weighted by atomic mass is 35.5. The van der Waals surface area contributed by atoms with E-state index in [4.69, 9.17) is 73.8 Å². The number of nitrogens with zero attached hydrogens (tertiary/aromatic N) is 7. The van der Waals surface area contributed by atoms with Crippen molar-refractivity contribution in [1.82, 2.24) is 29.2 Å². The van der Waals surface area contributed by atoms with Crippen LogP contribution in [-0.4, -0.2) is 257 Å². The van der Waals surface area contributed by atoms with Gasteiger partial charge in [-0.1, -0.05) is 11.6 Å². The van der Waals surface area contributed by atoms with Crippen LogP contribution in [0.2, 0.25) is 5.02 Å². The number of pyridine rings is 1. The summed E-state index contributed by atoms with van der Waals surface area (Å²) in [5.74, 6) is -0.181. The SMILES string of the molecule is O=C(O)CCOCCOCCOCCOCCOCCOCCOCCOCCN1CCN(CCOCCOCCOCCC(=O)N2CCC3(CC2)C(=O)N(Cc2nc4cc(Cl)ccc4n2CCCCF)c2cnccc23)CC1. The molecule has 1 spiro atoms. The fourth-order valence-corrected chi connectivity index (χ4v) is 9.75. The molecule has 1 aromatic carbocycles. The predicted molar refractivity (Wildman–Crippen MR) is 292 cm³/mol. The predicted octanol–water partition coefficient (Wildman–Crippen LogP) is 3.91. The number of anilines is 1. The van der Waals surface area contributed by atoms with Crippen molar-refractivity contribution >= 4 is 46.1 Å². The fourth-order valence-electron chi connectivity index (χ4n) is 9.58. The number of carboxylic acids is 1. The molecule has 3 aliphatic heterocycles. The number of amides is 2. The Morgan fingerprint density at radius 2 is 1.06 bits per heavy atom. The van der Waals surface area contributed by atoms with Crippen LogP contribution in [0.1, 0.15) is 49.9 Å². The van der Waals surface area contributed by atoms with E-state index in [2.05, 4.69) is 19.4 Å². The zero-order chi connectivity index (χ0) is 55.6. The van der Waals surface area contributed by atoms with Gasteiger partial charge < -0.3 is 71.6 Å². The molecule has 0 aliphatic carbocycles. The number of carbonyl (C=O) groups excluding carboxylic acids is 2. The van der Waals surface area contributed by atoms with Gasteiger partial charge in [0.1, 0.15) is 5.82 Å². The first-order chi connectivity index (χ1) is 38.8. The molecule has 22 nitrogen and oxygen atoms in total. The second-order valence-corrected chi connectivity index (χ2v) is 19.7. The number of aromatic nitrogens is 3. The Labute approximate surface area is 469 Å². The second kappa shape index (κ2) is 37.9. The van der Waals surface area contributed by atoms with E-state index in [-0.39, 0.29) is 37.8 Å². The van der Waals surface area contributed by atoms with Crippen molar-refractivity contribution in [2.24, 2.45) is 0 Å². The lowest BCUT2D eigenvalue weighted by atomic mass is 9.74. The molecule has 2 amide bonds. The summed E-state index contributed by atoms with van der Waals surface area (Å²) in [6.07, 6.45) is 5.81. The lowest BCUT2D eigenvalue weighted by Crippen LogP contribution is -2.50. The van der Waals surface area contributed by atoms with E-state index in [0.717, 1.165) is 61.6 Å². The number of aliphatic carboxylic acids is 1. The maximum absolute atomic E-state index is 14.5. The highest BCUT2D eigenvalue weighted by Crippen LogP contribution is 2.48. The van der Waals surface area contributed by atoms with E-state index < -0.39 is 18.1 Å². The highest BCUT2D eigenvalue weighted by molar-refractivity contribution is 6.31. The summed E-state index contributed by atoms with van der Waals surface area (Å²) < 4.78 is 76.2. The standard InChI is InChI=1S/C55H85ClFN7O15/c56-46-3-4-49-48(43-46)59-51(63(49)12-2-1-10-57)45-64-50-44-58-11-5-47(50)55(54(64)68)8-13-62(14-9-55)52(65)6-21-69-25-29-73-31-27-71-23-19-60-15-17-61(18-16-60)20-24-72-28-32-75-34-36-77-38-40-79-42-41-78-39-37-76-35-33-74-30-26-70-22-7-53(66)67/h3-5,11,43-44H,1-2,6-10,12-42,45H2,(H,66,67). The molecule has 3 aliphatic rings. The number of unbranched alkanes of at least 4 members (excludes halogenated alkanes) is 1. The van der Waals surface area contributed by atoms with Gasteiger partial charge in [-0.25, -0.2) is 4.98 Å². The third kappa shape index (κ3) is 22.7. The number of aryl methyl sites for hydroxylation is 1. The molecule has 0 bridgehead atoms. The fraction of sp³-hybridized carbons (Fsp3) is 0.727. The number of piperidine rings is 1. The van der Waals surface area contributed by atoms with Gasteiger partial charge in [-0.05, 0) is 55.5 Å². The first kappa shape index (κ1) is 64.1. The minimum atomic E-state index is -0.879. The van der Waals surface area contributed by atoms with Crippen molar-refractivity contribution < 1.29 is 76.0 Å². The van der Waals surface area contributed by atoms with Crippen LogP contribution in [0, 0.1) is 0 Å². The van der Waals surface area contributed by atoms with Crippen molar-refractivity contribution in [2.45, 2.75) is 57.0 Å². The molecule has 0 unspecified atom stereocenters. The minimum Gasteiger partial charge on any atom is -0.481 e. The Kier molecular flexibility index (Phi) is 30.7. The number of hydrogen-bond donors (Lipinski definition) is 1. The Balaban J connectivity index is 0.678. The number of benzene rings is 1. The van der Waals surface area contributed by atoms with Crippen molar-refractivity contribution in [1.29, 1.82) is 0 Å². The third-order valence-corrected chi connectivity index (χ3v) is 14.2. The van der Waals surface area contributed by atoms with Crippen molar-refractivity contribution in [3.8, 4) is 0 Å². The number of halogens is 2. The largest absolute Gasteiger partial charge is 0.481 e. The van der Waals surface area contributed by atoms with Crippen molar-refractivity contribution in [2.75, 3.05) is 209 Å². The molecule has 6 rings (SSSR count). The van der Waals surface area contributed by atoms with Gasteiger partial charge in [-0.2, -0.15) is 0 Å². The summed E-state index contributed by atoms with van der Waals surface area (Å²) in [6, 6.07) is 7.47. The first-order valence-corrected chi connectivity index (χ1v) is 28.4. The van der Waals surface area contributed by atoms with Gasteiger partial charge in [0, 0.05) is 70.1 Å². The van der Waals surface area contributed by atoms with E-state index in [1.54, 1.807) is 17.3 Å². The molecule has 444 valence electrons. The van der Waals surface area contributed by atoms with Crippen LogP contribution in [0.5, 0.6) is 0 Å². The minimum absolute atomic E-state index is 0.00579. The van der Waals surface area contributed by atoms with Gasteiger partial charge in [0.05, 0.1) is 200 Å². The lowest BCUT2D eigenvalue weighted by molar-refractivity contribution is -0.138. The smallest absolute Gasteiger partial charge is 0.305 e. The normalized spacial score (nSPS) is 15.8. The number of fused-ring (bicyclic) bond motifs is 3. The van der Waals surface area contributed by atoms with Crippen LogP contribution in [0.15, 0.2) is 36.7 Å². The monoisotopic (exact) mass is 1140 g/mol. The van der Waals surface area contributed by atoms with Crippen LogP contribution in [-0.2, 0) is 85.0 Å². The van der Waals surface area contributed by atoms with Crippen LogP contribution in [0.3, 0.4) is 0 Å². The van der Waals surface area contributed by atoms with Gasteiger partial charge in [0.25, 0.3) is 0 Å². The number of carbonyl (C=O) groups is 3. The summed E-state index contributed by atoms with van der Waals surface area (Å²) >= 11 is 6.30. The van der Waals surface area contributed by atoms with Gasteiger partial charge in [-0.15, -0.1) is 0 Å². The molecule has 2 fully saturated rings. The van der Waals surface area contributed by atoms with Gasteiger partial charge in [0.2, 0.25) is 11.8 Å². The number of alkyl halides is 1. The molecule has 0 radical (unpaired) electrons. The second-order valence-electron chi connectivity index (χ2n) is 19.3. The molecular formula is C55H85ClFN7O15. The summed E-state index contributed by atoms with van der Waals surface area (Å²) in [7, 11) is 0. The molecule has 2 saturated heterocycles. The molecule has 0 saturated carbocycles. The van der Waals surface area contributed by atoms with Crippen molar-refractivity contribution in [3.63, 3.8) is 0 Å². The Bertz CT molecular complexity index is 2190. The zero-order valence-corrected chi connectivity index (χ0v) is 46.8. The van der Waals surface area contributed by atoms with Gasteiger partial charge in [-0.3, -0.25) is 33.6 Å². The topological polar surface area (TPSA) is 217 Å². The first-order valence-electron chi connectivity index (χ1n) is 28.1. The maximum Gasteiger partial charge on any atom is 0.305 e. The van der Waals surface area contributed by atoms with E-state index >= 15 is 0 Å². The molecule has 79 heavy (non-hydrogen) atoms.